The number of aryl methyl sites for hydroxylation is 2. The molecule has 0 saturated heterocycles. The van der Waals surface area contributed by atoms with Crippen LogP contribution in [-0.4, -0.2) is 21.8 Å². The fourth-order valence-electron chi connectivity index (χ4n) is 2.67. The van der Waals surface area contributed by atoms with E-state index in [0.717, 1.165) is 11.1 Å². The molecule has 0 aliphatic carbocycles. The second-order valence-electron chi connectivity index (χ2n) is 6.35. The van der Waals surface area contributed by atoms with Crippen molar-refractivity contribution < 1.29 is 9.59 Å². The van der Waals surface area contributed by atoms with Crippen molar-refractivity contribution in [3.8, 4) is 0 Å². The van der Waals surface area contributed by atoms with Crippen LogP contribution < -0.4 is 16.4 Å². The van der Waals surface area contributed by atoms with Crippen molar-refractivity contribution in [3.63, 3.8) is 0 Å². The molecule has 2 amide bonds. The fraction of sp³-hybridized carbons (Fsp3) is 0.143. The monoisotopic (exact) mass is 375 g/mol. The Morgan fingerprint density at radius 3 is 2.39 bits per heavy atom. The predicted octanol–water partition coefficient (Wildman–Crippen LogP) is 3.19. The molecule has 0 radical (unpaired) electrons. The third kappa shape index (κ3) is 5.14. The van der Waals surface area contributed by atoms with Crippen molar-refractivity contribution in [3.05, 3.63) is 77.6 Å². The highest BCUT2D eigenvalue weighted by Crippen LogP contribution is 2.18. The fourth-order valence-corrected chi connectivity index (χ4v) is 2.67. The highest BCUT2D eigenvalue weighted by atomic mass is 16.2. The zero-order chi connectivity index (χ0) is 19.9. The Hall–Kier alpha value is -3.74. The topological polar surface area (TPSA) is 110 Å². The third-order valence-corrected chi connectivity index (χ3v) is 4.18. The van der Waals surface area contributed by atoms with E-state index in [1.165, 1.54) is 12.4 Å². The highest BCUT2D eigenvalue weighted by Gasteiger charge is 2.12. The molecule has 0 fully saturated rings. The van der Waals surface area contributed by atoms with E-state index in [-0.39, 0.29) is 17.8 Å². The molecule has 142 valence electrons. The Kier molecular flexibility index (Phi) is 5.96. The van der Waals surface area contributed by atoms with Gasteiger partial charge in [0.1, 0.15) is 0 Å². The summed E-state index contributed by atoms with van der Waals surface area (Å²) in [7, 11) is 0. The van der Waals surface area contributed by atoms with Gasteiger partial charge in [-0.1, -0.05) is 36.4 Å². The molecule has 0 aliphatic heterocycles. The summed E-state index contributed by atoms with van der Waals surface area (Å²) < 4.78 is 0. The molecular formula is C21H21N5O2. The van der Waals surface area contributed by atoms with Gasteiger partial charge in [-0.15, -0.1) is 0 Å². The molecule has 2 aromatic carbocycles. The van der Waals surface area contributed by atoms with Crippen LogP contribution >= 0.6 is 0 Å². The van der Waals surface area contributed by atoms with Crippen molar-refractivity contribution in [2.45, 2.75) is 19.8 Å². The zero-order valence-corrected chi connectivity index (χ0v) is 15.5. The summed E-state index contributed by atoms with van der Waals surface area (Å²) in [6.07, 6.45) is 3.89. The average molecular weight is 375 g/mol. The minimum Gasteiger partial charge on any atom is -0.368 e. The number of aromatic nitrogens is 2. The molecule has 0 aliphatic rings. The van der Waals surface area contributed by atoms with Gasteiger partial charge in [0.05, 0.1) is 18.1 Å². The molecule has 3 rings (SSSR count). The summed E-state index contributed by atoms with van der Waals surface area (Å²) in [6.45, 7) is 1.83. The number of nitrogen functional groups attached to an aromatic ring is 1. The zero-order valence-electron chi connectivity index (χ0n) is 15.5. The first-order valence-corrected chi connectivity index (χ1v) is 8.84. The molecule has 0 atom stereocenters. The predicted molar refractivity (Wildman–Crippen MR) is 109 cm³/mol. The second-order valence-corrected chi connectivity index (χ2v) is 6.35. The maximum absolute atomic E-state index is 12.6. The number of nitrogens with zero attached hydrogens (tertiary/aromatic N) is 2. The number of hydrogen-bond donors (Lipinski definition) is 3. The molecule has 7 nitrogen and oxygen atoms in total. The van der Waals surface area contributed by atoms with Crippen LogP contribution in [0.1, 0.15) is 27.9 Å². The van der Waals surface area contributed by atoms with Gasteiger partial charge in [-0.05, 0) is 36.6 Å². The molecule has 0 saturated carbocycles. The van der Waals surface area contributed by atoms with Crippen molar-refractivity contribution >= 4 is 29.1 Å². The lowest BCUT2D eigenvalue weighted by Crippen LogP contribution is -2.16. The Balaban J connectivity index is 1.64. The number of carbonyl (C=O) groups is 2. The molecule has 0 unspecified atom stereocenters. The summed E-state index contributed by atoms with van der Waals surface area (Å²) >= 11 is 0. The third-order valence-electron chi connectivity index (χ3n) is 4.18. The lowest BCUT2D eigenvalue weighted by Gasteiger charge is -2.11. The van der Waals surface area contributed by atoms with Crippen LogP contribution in [0, 0.1) is 6.92 Å². The minimum atomic E-state index is -0.314. The SMILES string of the molecule is Cc1ccc(NC(=O)CCc2ccccc2)cc1C(=O)Nc1cnc(N)nc1. The van der Waals surface area contributed by atoms with Crippen LogP contribution in [0.25, 0.3) is 0 Å². The van der Waals surface area contributed by atoms with Crippen LogP contribution in [-0.2, 0) is 11.2 Å². The van der Waals surface area contributed by atoms with Crippen LogP contribution in [0.3, 0.4) is 0 Å². The standard InChI is InChI=1S/C21H21N5O2/c1-14-7-9-16(25-19(27)10-8-15-5-3-2-4-6-15)11-18(14)20(28)26-17-12-23-21(22)24-13-17/h2-7,9,11-13H,8,10H2,1H3,(H,25,27)(H,26,28)(H2,22,23,24). The first-order chi connectivity index (χ1) is 13.5. The lowest BCUT2D eigenvalue weighted by atomic mass is 10.1. The van der Waals surface area contributed by atoms with E-state index >= 15 is 0 Å². The Morgan fingerprint density at radius 2 is 1.68 bits per heavy atom. The van der Waals surface area contributed by atoms with Gasteiger partial charge in [0.15, 0.2) is 0 Å². The summed E-state index contributed by atoms with van der Waals surface area (Å²) in [5.41, 5.74) is 8.81. The van der Waals surface area contributed by atoms with Crippen molar-refractivity contribution in [2.24, 2.45) is 0 Å². The van der Waals surface area contributed by atoms with Crippen molar-refractivity contribution in [1.29, 1.82) is 0 Å². The maximum atomic E-state index is 12.6. The molecular weight excluding hydrogens is 354 g/mol. The molecule has 0 spiro atoms. The largest absolute Gasteiger partial charge is 0.368 e. The van der Waals surface area contributed by atoms with Crippen molar-refractivity contribution in [2.75, 3.05) is 16.4 Å². The van der Waals surface area contributed by atoms with Crippen LogP contribution in [0.4, 0.5) is 17.3 Å². The quantitative estimate of drug-likeness (QED) is 0.613. The maximum Gasteiger partial charge on any atom is 0.256 e. The minimum absolute atomic E-state index is 0.106. The van der Waals surface area contributed by atoms with E-state index in [1.54, 1.807) is 18.2 Å². The van der Waals surface area contributed by atoms with E-state index in [9.17, 15) is 9.59 Å². The first kappa shape index (κ1) is 19.0. The smallest absolute Gasteiger partial charge is 0.256 e. The summed E-state index contributed by atoms with van der Waals surface area (Å²) in [4.78, 5) is 32.5. The van der Waals surface area contributed by atoms with Gasteiger partial charge >= 0.3 is 0 Å². The Labute approximate surface area is 163 Å². The Bertz CT molecular complexity index is 972. The molecule has 0 bridgehead atoms. The van der Waals surface area contributed by atoms with E-state index in [0.29, 0.717) is 29.8 Å². The van der Waals surface area contributed by atoms with Gasteiger partial charge in [-0.25, -0.2) is 9.97 Å². The van der Waals surface area contributed by atoms with E-state index < -0.39 is 0 Å². The number of nitrogens with two attached hydrogens (primary N) is 1. The van der Waals surface area contributed by atoms with Crippen LogP contribution in [0.15, 0.2) is 60.9 Å². The number of rotatable bonds is 6. The van der Waals surface area contributed by atoms with Crippen LogP contribution in [0.2, 0.25) is 0 Å². The number of amides is 2. The summed E-state index contributed by atoms with van der Waals surface area (Å²) in [5.74, 6) is -0.286. The van der Waals surface area contributed by atoms with E-state index in [2.05, 4.69) is 20.6 Å². The normalized spacial score (nSPS) is 10.3. The molecule has 7 heteroatoms. The first-order valence-electron chi connectivity index (χ1n) is 8.84. The van der Waals surface area contributed by atoms with Gasteiger partial charge in [0.25, 0.3) is 5.91 Å². The Morgan fingerprint density at radius 1 is 0.964 bits per heavy atom. The molecule has 3 aromatic rings. The molecule has 1 heterocycles. The average Bonchev–Trinajstić information content (AvgIpc) is 2.70. The van der Waals surface area contributed by atoms with E-state index in [1.807, 2.05) is 37.3 Å². The van der Waals surface area contributed by atoms with Gasteiger partial charge < -0.3 is 16.4 Å². The van der Waals surface area contributed by atoms with Gasteiger partial charge in [0.2, 0.25) is 11.9 Å². The molecule has 1 aromatic heterocycles. The molecule has 4 N–H and O–H groups in total. The number of carbonyl (C=O) groups excluding carboxylic acids is 2. The van der Waals surface area contributed by atoms with Gasteiger partial charge in [0, 0.05) is 17.7 Å². The van der Waals surface area contributed by atoms with Gasteiger partial charge in [-0.3, -0.25) is 9.59 Å². The highest BCUT2D eigenvalue weighted by molar-refractivity contribution is 6.06. The number of benzene rings is 2. The van der Waals surface area contributed by atoms with Crippen molar-refractivity contribution in [1.82, 2.24) is 9.97 Å². The lowest BCUT2D eigenvalue weighted by molar-refractivity contribution is -0.116. The van der Waals surface area contributed by atoms with E-state index in [4.69, 9.17) is 5.73 Å². The number of hydrogen-bond acceptors (Lipinski definition) is 5. The summed E-state index contributed by atoms with van der Waals surface area (Å²) in [6, 6.07) is 15.0. The summed E-state index contributed by atoms with van der Waals surface area (Å²) in [5, 5.41) is 5.57. The number of nitrogens with one attached hydrogen (secondary N) is 2. The second kappa shape index (κ2) is 8.77. The van der Waals surface area contributed by atoms with Gasteiger partial charge in [-0.2, -0.15) is 0 Å². The van der Waals surface area contributed by atoms with Crippen LogP contribution in [0.5, 0.6) is 0 Å². The number of anilines is 3. The molecule has 28 heavy (non-hydrogen) atoms.